The van der Waals surface area contributed by atoms with Gasteiger partial charge in [-0.3, -0.25) is 9.59 Å². The molecule has 174 valence electrons. The molecule has 3 heterocycles. The molecular formula is C24H29N5O4. The van der Waals surface area contributed by atoms with Gasteiger partial charge in [0.25, 0.3) is 5.91 Å². The molecule has 9 heteroatoms. The van der Waals surface area contributed by atoms with Crippen LogP contribution in [0, 0.1) is 5.92 Å². The Hall–Kier alpha value is -3.75. The summed E-state index contributed by atoms with van der Waals surface area (Å²) < 4.78 is 5.24. The number of benzene rings is 1. The predicted molar refractivity (Wildman–Crippen MR) is 123 cm³/mol. The lowest BCUT2D eigenvalue weighted by molar-refractivity contribution is -0.124. The molecule has 3 N–H and O–H groups in total. The summed E-state index contributed by atoms with van der Waals surface area (Å²) in [5.74, 6) is 0.247. The van der Waals surface area contributed by atoms with Gasteiger partial charge in [0.05, 0.1) is 18.4 Å². The van der Waals surface area contributed by atoms with Gasteiger partial charge in [-0.2, -0.15) is 0 Å². The van der Waals surface area contributed by atoms with Crippen LogP contribution in [0.4, 0.5) is 4.79 Å². The highest BCUT2D eigenvalue weighted by molar-refractivity contribution is 6.06. The molecule has 2 aromatic heterocycles. The summed E-state index contributed by atoms with van der Waals surface area (Å²) in [6, 6.07) is 10.2. The van der Waals surface area contributed by atoms with Gasteiger partial charge >= 0.3 is 6.03 Å². The van der Waals surface area contributed by atoms with Crippen LogP contribution in [0.5, 0.6) is 0 Å². The number of nitrogens with zero attached hydrogens (tertiary/aromatic N) is 2. The molecular weight excluding hydrogens is 422 g/mol. The number of carbonyl (C=O) groups is 3. The van der Waals surface area contributed by atoms with Crippen LogP contribution in [-0.4, -0.2) is 64.9 Å². The molecule has 4 rings (SSSR count). The van der Waals surface area contributed by atoms with E-state index in [0.29, 0.717) is 37.5 Å². The van der Waals surface area contributed by atoms with Crippen molar-refractivity contribution in [3.63, 3.8) is 0 Å². The van der Waals surface area contributed by atoms with Crippen LogP contribution in [-0.2, 0) is 11.3 Å². The number of aromatic amines is 1. The Morgan fingerprint density at radius 3 is 2.45 bits per heavy atom. The van der Waals surface area contributed by atoms with E-state index >= 15 is 0 Å². The van der Waals surface area contributed by atoms with Crippen LogP contribution in [0.2, 0.25) is 0 Å². The minimum absolute atomic E-state index is 0.0510. The molecule has 1 aliphatic rings. The van der Waals surface area contributed by atoms with Gasteiger partial charge in [0.15, 0.2) is 0 Å². The lowest BCUT2D eigenvalue weighted by Crippen LogP contribution is -2.57. The lowest BCUT2D eigenvalue weighted by atomic mass is 10.0. The molecule has 0 spiro atoms. The van der Waals surface area contributed by atoms with Crippen molar-refractivity contribution in [3.05, 3.63) is 60.2 Å². The number of rotatable bonds is 6. The summed E-state index contributed by atoms with van der Waals surface area (Å²) in [5.41, 5.74) is 1.56. The molecule has 0 bridgehead atoms. The van der Waals surface area contributed by atoms with Crippen LogP contribution < -0.4 is 10.6 Å². The molecule has 1 aliphatic heterocycles. The second kappa shape index (κ2) is 9.81. The van der Waals surface area contributed by atoms with Crippen molar-refractivity contribution in [1.29, 1.82) is 0 Å². The fraction of sp³-hybridized carbons (Fsp3) is 0.375. The fourth-order valence-electron chi connectivity index (χ4n) is 3.99. The van der Waals surface area contributed by atoms with E-state index in [1.165, 1.54) is 0 Å². The zero-order valence-corrected chi connectivity index (χ0v) is 18.8. The molecule has 33 heavy (non-hydrogen) atoms. The SMILES string of the molecule is CC(C)C(NC(=O)N1CCN(C(=O)c2c[nH]c3ccccc23)CC1)C(=O)NCc1ccco1. The van der Waals surface area contributed by atoms with Gasteiger partial charge in [0.1, 0.15) is 11.8 Å². The minimum atomic E-state index is -0.668. The third-order valence-corrected chi connectivity index (χ3v) is 5.92. The molecule has 9 nitrogen and oxygen atoms in total. The van der Waals surface area contributed by atoms with Crippen molar-refractivity contribution in [2.24, 2.45) is 5.92 Å². The molecule has 3 aromatic rings. The van der Waals surface area contributed by atoms with Gasteiger partial charge in [-0.1, -0.05) is 32.0 Å². The normalized spacial score (nSPS) is 15.0. The van der Waals surface area contributed by atoms with E-state index in [2.05, 4.69) is 15.6 Å². The lowest BCUT2D eigenvalue weighted by Gasteiger charge is -2.35. The quantitative estimate of drug-likeness (QED) is 0.535. The molecule has 1 aromatic carbocycles. The molecule has 1 unspecified atom stereocenters. The number of H-pyrrole nitrogens is 1. The predicted octanol–water partition coefficient (Wildman–Crippen LogP) is 2.57. The summed E-state index contributed by atoms with van der Waals surface area (Å²) in [6.07, 6.45) is 3.28. The van der Waals surface area contributed by atoms with Crippen LogP contribution in [0.1, 0.15) is 30.0 Å². The van der Waals surface area contributed by atoms with E-state index in [9.17, 15) is 14.4 Å². The maximum Gasteiger partial charge on any atom is 0.318 e. The van der Waals surface area contributed by atoms with E-state index in [1.54, 1.807) is 34.4 Å². The number of urea groups is 1. The number of carbonyl (C=O) groups excluding carboxylic acids is 3. The number of nitrogens with one attached hydrogen (secondary N) is 3. The molecule has 1 fully saturated rings. The average Bonchev–Trinajstić information content (AvgIpc) is 3.50. The Morgan fingerprint density at radius 2 is 1.76 bits per heavy atom. The Kier molecular flexibility index (Phi) is 6.67. The number of fused-ring (bicyclic) bond motifs is 1. The van der Waals surface area contributed by atoms with Crippen LogP contribution in [0.3, 0.4) is 0 Å². The third-order valence-electron chi connectivity index (χ3n) is 5.92. The van der Waals surface area contributed by atoms with E-state index in [-0.39, 0.29) is 30.3 Å². The smallest absolute Gasteiger partial charge is 0.318 e. The summed E-state index contributed by atoms with van der Waals surface area (Å²) in [4.78, 5) is 45.0. The molecule has 1 atom stereocenters. The van der Waals surface area contributed by atoms with Crippen molar-refractivity contribution >= 4 is 28.7 Å². The first-order chi connectivity index (χ1) is 15.9. The number of piperazine rings is 1. The van der Waals surface area contributed by atoms with Crippen molar-refractivity contribution in [1.82, 2.24) is 25.4 Å². The van der Waals surface area contributed by atoms with Gasteiger partial charge in [-0.15, -0.1) is 0 Å². The van der Waals surface area contributed by atoms with Crippen molar-refractivity contribution in [2.75, 3.05) is 26.2 Å². The van der Waals surface area contributed by atoms with Gasteiger partial charge < -0.3 is 29.8 Å². The topological polar surface area (TPSA) is 111 Å². The fourth-order valence-corrected chi connectivity index (χ4v) is 3.99. The van der Waals surface area contributed by atoms with E-state index in [1.807, 2.05) is 38.1 Å². The first-order valence-corrected chi connectivity index (χ1v) is 11.1. The van der Waals surface area contributed by atoms with Gasteiger partial charge in [-0.05, 0) is 24.1 Å². The maximum atomic E-state index is 13.0. The summed E-state index contributed by atoms with van der Waals surface area (Å²) in [7, 11) is 0. The molecule has 0 radical (unpaired) electrons. The van der Waals surface area contributed by atoms with Gasteiger partial charge in [0.2, 0.25) is 5.91 Å². The van der Waals surface area contributed by atoms with Gasteiger partial charge in [0, 0.05) is 43.3 Å². The summed E-state index contributed by atoms with van der Waals surface area (Å²) in [5, 5.41) is 6.54. The van der Waals surface area contributed by atoms with Crippen molar-refractivity contribution in [2.45, 2.75) is 26.4 Å². The zero-order valence-electron chi connectivity index (χ0n) is 18.8. The Morgan fingerprint density at radius 1 is 1.03 bits per heavy atom. The van der Waals surface area contributed by atoms with E-state index in [0.717, 1.165) is 10.9 Å². The average molecular weight is 452 g/mol. The van der Waals surface area contributed by atoms with E-state index < -0.39 is 6.04 Å². The molecule has 1 saturated heterocycles. The monoisotopic (exact) mass is 451 g/mol. The highest BCUT2D eigenvalue weighted by Gasteiger charge is 2.30. The van der Waals surface area contributed by atoms with Crippen molar-refractivity contribution < 1.29 is 18.8 Å². The second-order valence-electron chi connectivity index (χ2n) is 8.50. The first kappa shape index (κ1) is 22.4. The molecule has 0 aliphatic carbocycles. The zero-order chi connectivity index (χ0) is 23.4. The Labute approximate surface area is 192 Å². The second-order valence-corrected chi connectivity index (χ2v) is 8.50. The first-order valence-electron chi connectivity index (χ1n) is 11.1. The molecule has 4 amide bonds. The van der Waals surface area contributed by atoms with E-state index in [4.69, 9.17) is 4.42 Å². The van der Waals surface area contributed by atoms with Crippen LogP contribution in [0.25, 0.3) is 10.9 Å². The number of amides is 4. The van der Waals surface area contributed by atoms with Gasteiger partial charge in [-0.25, -0.2) is 4.79 Å². The number of para-hydroxylation sites is 1. The maximum absolute atomic E-state index is 13.0. The minimum Gasteiger partial charge on any atom is -0.467 e. The highest BCUT2D eigenvalue weighted by atomic mass is 16.3. The summed E-state index contributed by atoms with van der Waals surface area (Å²) >= 11 is 0. The molecule has 0 saturated carbocycles. The standard InChI is InChI=1S/C24H29N5O4/c1-16(2)21(22(30)26-14-17-6-5-13-33-17)27-24(32)29-11-9-28(10-12-29)23(31)19-15-25-20-8-4-3-7-18(19)20/h3-8,13,15-16,21,25H,9-12,14H2,1-2H3,(H,26,30)(H,27,32). The number of aromatic nitrogens is 1. The number of hydrogen-bond acceptors (Lipinski definition) is 4. The number of furan rings is 1. The highest BCUT2D eigenvalue weighted by Crippen LogP contribution is 2.20. The van der Waals surface area contributed by atoms with Crippen molar-refractivity contribution in [3.8, 4) is 0 Å². The Balaban J connectivity index is 1.31. The Bertz CT molecular complexity index is 1110. The van der Waals surface area contributed by atoms with Crippen LogP contribution in [0.15, 0.2) is 53.3 Å². The van der Waals surface area contributed by atoms with Crippen LogP contribution >= 0.6 is 0 Å². The summed E-state index contributed by atoms with van der Waals surface area (Å²) in [6.45, 7) is 5.70. The number of hydrogen-bond donors (Lipinski definition) is 3. The third kappa shape index (κ3) is 5.02. The largest absolute Gasteiger partial charge is 0.467 e.